The number of esters is 1. The summed E-state index contributed by atoms with van der Waals surface area (Å²) in [6.45, 7) is -0.673. The highest BCUT2D eigenvalue weighted by Crippen LogP contribution is 2.39. The van der Waals surface area contributed by atoms with E-state index in [0.29, 0.717) is 0 Å². The molecule has 0 saturated carbocycles. The van der Waals surface area contributed by atoms with E-state index in [0.717, 1.165) is 5.56 Å². The van der Waals surface area contributed by atoms with Gasteiger partial charge < -0.3 is 35.8 Å². The third-order valence-corrected chi connectivity index (χ3v) is 5.72. The molecule has 15 heteroatoms. The molecule has 1 aromatic carbocycles. The van der Waals surface area contributed by atoms with Gasteiger partial charge in [0, 0.05) is 0 Å². The number of nitrogen functional groups attached to an aromatic ring is 1. The van der Waals surface area contributed by atoms with Crippen LogP contribution in [0, 0.1) is 0 Å². The molecule has 14 nitrogen and oxygen atoms in total. The second-order valence-electron chi connectivity index (χ2n) is 7.62. The van der Waals surface area contributed by atoms with Crippen LogP contribution in [0.4, 0.5) is 5.82 Å². The van der Waals surface area contributed by atoms with Gasteiger partial charge >= 0.3 is 13.8 Å². The van der Waals surface area contributed by atoms with Crippen LogP contribution in [-0.4, -0.2) is 71.3 Å². The molecule has 1 aliphatic rings. The first-order valence-electron chi connectivity index (χ1n) is 10.1. The highest BCUT2D eigenvalue weighted by molar-refractivity contribution is 7.46. The number of hydrogen-bond acceptors (Lipinski definition) is 11. The zero-order chi connectivity index (χ0) is 24.5. The zero-order valence-corrected chi connectivity index (χ0v) is 18.5. The largest absolute Gasteiger partial charge is 0.469 e. The monoisotopic (exact) mass is 494 g/mol. The zero-order valence-electron chi connectivity index (χ0n) is 17.6. The van der Waals surface area contributed by atoms with E-state index in [4.69, 9.17) is 30.7 Å². The average Bonchev–Trinajstić information content (AvgIpc) is 3.35. The first kappa shape index (κ1) is 24.2. The Bertz CT molecular complexity index is 1200. The van der Waals surface area contributed by atoms with Gasteiger partial charge in [-0.15, -0.1) is 0 Å². The number of ether oxygens (including phenoxy) is 2. The highest BCUT2D eigenvalue weighted by atomic mass is 31.2. The lowest BCUT2D eigenvalue weighted by molar-refractivity contribution is -0.158. The molecule has 4 rings (SSSR count). The summed E-state index contributed by atoms with van der Waals surface area (Å²) in [6.07, 6.45) is -2.58. The first-order valence-corrected chi connectivity index (χ1v) is 11.6. The van der Waals surface area contributed by atoms with Crippen molar-refractivity contribution in [3.63, 3.8) is 0 Å². The summed E-state index contributed by atoms with van der Waals surface area (Å²) < 4.78 is 28.3. The maximum Gasteiger partial charge on any atom is 0.469 e. The number of aromatic nitrogens is 4. The number of anilines is 1. The number of benzene rings is 1. The molecule has 7 N–H and O–H groups in total. The number of aliphatic hydroxyl groups is 1. The number of carbonyl (C=O) groups excluding carboxylic acids is 1. The number of nitrogens with zero attached hydrogens (tertiary/aromatic N) is 4. The van der Waals surface area contributed by atoms with Gasteiger partial charge in [-0.05, 0) is 12.0 Å². The van der Waals surface area contributed by atoms with Gasteiger partial charge in [0.25, 0.3) is 0 Å². The van der Waals surface area contributed by atoms with E-state index < -0.39 is 51.0 Å². The minimum absolute atomic E-state index is 0.104. The molecule has 2 aromatic heterocycles. The molecule has 1 saturated heterocycles. The van der Waals surface area contributed by atoms with Crippen molar-refractivity contribution in [1.82, 2.24) is 19.5 Å². The van der Waals surface area contributed by atoms with Gasteiger partial charge in [-0.3, -0.25) is 13.9 Å². The van der Waals surface area contributed by atoms with Gasteiger partial charge in [0.2, 0.25) is 0 Å². The number of rotatable bonds is 8. The van der Waals surface area contributed by atoms with E-state index in [1.54, 1.807) is 24.3 Å². The van der Waals surface area contributed by atoms with Crippen molar-refractivity contribution in [1.29, 1.82) is 0 Å². The van der Waals surface area contributed by atoms with Crippen LogP contribution in [0.3, 0.4) is 0 Å². The smallest absolute Gasteiger partial charge is 0.455 e. The van der Waals surface area contributed by atoms with E-state index in [9.17, 15) is 14.5 Å². The lowest BCUT2D eigenvalue weighted by atomic mass is 10.1. The number of phosphoric ester groups is 1. The minimum atomic E-state index is -4.87. The van der Waals surface area contributed by atoms with Gasteiger partial charge in [-0.25, -0.2) is 19.5 Å². The van der Waals surface area contributed by atoms with E-state index >= 15 is 0 Å². The topological polar surface area (TPSA) is 218 Å². The molecular weight excluding hydrogens is 471 g/mol. The van der Waals surface area contributed by atoms with Gasteiger partial charge in [0.1, 0.15) is 30.1 Å². The van der Waals surface area contributed by atoms with E-state index in [2.05, 4.69) is 19.5 Å². The summed E-state index contributed by atoms with van der Waals surface area (Å²) in [5, 5.41) is 11.0. The van der Waals surface area contributed by atoms with Crippen molar-refractivity contribution < 1.29 is 38.3 Å². The van der Waals surface area contributed by atoms with Crippen molar-refractivity contribution in [2.45, 2.75) is 37.0 Å². The lowest BCUT2D eigenvalue weighted by Crippen LogP contribution is -2.43. The third kappa shape index (κ3) is 5.23. The SMILES string of the molecule is Nc1ncnc2c1ncn2[C@@H]1O[C@H](COP(=O)(O)O)[C@@H](OC(=O)[C@H](N)Cc2ccccc2)[C@H]1O. The minimum Gasteiger partial charge on any atom is -0.455 e. The summed E-state index contributed by atoms with van der Waals surface area (Å²) in [5.41, 5.74) is 13.1. The Kier molecular flexibility index (Phi) is 6.91. The van der Waals surface area contributed by atoms with Crippen LogP contribution in [0.25, 0.3) is 11.2 Å². The number of fused-ring (bicyclic) bond motifs is 1. The highest BCUT2D eigenvalue weighted by Gasteiger charge is 2.48. The fourth-order valence-electron chi connectivity index (χ4n) is 3.63. The van der Waals surface area contributed by atoms with Crippen LogP contribution < -0.4 is 11.5 Å². The van der Waals surface area contributed by atoms with Crippen LogP contribution in [0.1, 0.15) is 11.8 Å². The average molecular weight is 494 g/mol. The summed E-state index contributed by atoms with van der Waals surface area (Å²) in [5.74, 6) is -0.729. The predicted octanol–water partition coefficient (Wildman–Crippen LogP) is -0.742. The number of aliphatic hydroxyl groups excluding tert-OH is 1. The quantitative estimate of drug-likeness (QED) is 0.193. The molecule has 0 amide bonds. The molecule has 182 valence electrons. The van der Waals surface area contributed by atoms with Crippen LogP contribution >= 0.6 is 7.82 Å². The fraction of sp³-hybridized carbons (Fsp3) is 0.368. The van der Waals surface area contributed by atoms with E-state index in [1.165, 1.54) is 17.2 Å². The van der Waals surface area contributed by atoms with Gasteiger partial charge in [-0.2, -0.15) is 0 Å². The Morgan fingerprint density at radius 3 is 2.68 bits per heavy atom. The van der Waals surface area contributed by atoms with Crippen molar-refractivity contribution in [3.8, 4) is 0 Å². The standard InChI is InChI=1S/C19H23N6O8P/c20-11(6-10-4-2-1-3-5-10)19(27)33-15-12(7-31-34(28,29)30)32-18(14(15)26)25-9-24-13-16(21)22-8-23-17(13)25/h1-5,8-9,11-12,14-15,18,26H,6-7,20H2,(H2,21,22,23)(H2,28,29,30)/t11-,12-,14-,15-,18-/m1/s1. The molecule has 3 heterocycles. The molecule has 1 aliphatic heterocycles. The van der Waals surface area contributed by atoms with Gasteiger partial charge in [0.05, 0.1) is 12.9 Å². The Labute approximate surface area is 192 Å². The normalized spacial score (nSPS) is 23.8. The van der Waals surface area contributed by atoms with Crippen LogP contribution in [0.15, 0.2) is 43.0 Å². The summed E-state index contributed by atoms with van der Waals surface area (Å²) >= 11 is 0. The summed E-state index contributed by atoms with van der Waals surface area (Å²) in [6, 6.07) is 7.96. The maximum atomic E-state index is 12.7. The molecule has 3 aromatic rings. The Morgan fingerprint density at radius 1 is 1.24 bits per heavy atom. The fourth-order valence-corrected chi connectivity index (χ4v) is 3.97. The molecule has 1 fully saturated rings. The second-order valence-corrected chi connectivity index (χ2v) is 8.86. The van der Waals surface area contributed by atoms with Crippen molar-refractivity contribution in [2.24, 2.45) is 5.73 Å². The van der Waals surface area contributed by atoms with E-state index in [1.807, 2.05) is 6.07 Å². The third-order valence-electron chi connectivity index (χ3n) is 5.23. The number of carbonyl (C=O) groups is 1. The molecule has 0 spiro atoms. The summed E-state index contributed by atoms with van der Waals surface area (Å²) in [7, 11) is -4.87. The molecule has 34 heavy (non-hydrogen) atoms. The Balaban J connectivity index is 1.55. The van der Waals surface area contributed by atoms with Crippen LogP contribution in [0.5, 0.6) is 0 Å². The maximum absolute atomic E-state index is 12.7. The van der Waals surface area contributed by atoms with Crippen molar-refractivity contribution in [2.75, 3.05) is 12.3 Å². The van der Waals surface area contributed by atoms with Gasteiger partial charge in [-0.1, -0.05) is 30.3 Å². The lowest BCUT2D eigenvalue weighted by Gasteiger charge is -2.22. The Hall–Kier alpha value is -2.97. The molecule has 0 radical (unpaired) electrons. The second kappa shape index (κ2) is 9.72. The number of phosphoric acid groups is 1. The van der Waals surface area contributed by atoms with E-state index in [-0.39, 0.29) is 23.4 Å². The number of imidazole rings is 1. The number of nitrogens with two attached hydrogens (primary N) is 2. The summed E-state index contributed by atoms with van der Waals surface area (Å²) in [4.78, 5) is 42.9. The number of hydrogen-bond donors (Lipinski definition) is 5. The first-order chi connectivity index (χ1) is 16.1. The van der Waals surface area contributed by atoms with Crippen LogP contribution in [0.2, 0.25) is 0 Å². The van der Waals surface area contributed by atoms with Crippen molar-refractivity contribution in [3.05, 3.63) is 48.5 Å². The molecule has 5 atom stereocenters. The molecular formula is C19H23N6O8P. The molecule has 0 bridgehead atoms. The molecule has 0 aliphatic carbocycles. The van der Waals surface area contributed by atoms with Crippen molar-refractivity contribution >= 4 is 30.8 Å². The Morgan fingerprint density at radius 2 is 1.97 bits per heavy atom. The molecule has 0 unspecified atom stereocenters. The van der Waals surface area contributed by atoms with Crippen LogP contribution in [-0.2, 0) is 29.8 Å². The van der Waals surface area contributed by atoms with Gasteiger partial charge in [0.15, 0.2) is 23.8 Å². The predicted molar refractivity (Wildman–Crippen MR) is 116 cm³/mol.